The Morgan fingerprint density at radius 1 is 1.13 bits per heavy atom. The van der Waals surface area contributed by atoms with E-state index in [1.807, 2.05) is 0 Å². The van der Waals surface area contributed by atoms with Crippen LogP contribution in [-0.4, -0.2) is 36.4 Å². The maximum atomic E-state index is 4.51. The summed E-state index contributed by atoms with van der Waals surface area (Å²) >= 11 is 0. The number of rotatable bonds is 4. The molecule has 2 atom stereocenters. The monoisotopic (exact) mass is 310 g/mol. The van der Waals surface area contributed by atoms with Gasteiger partial charge in [0.25, 0.3) is 0 Å². The Morgan fingerprint density at radius 3 is 2.61 bits per heavy atom. The van der Waals surface area contributed by atoms with E-state index >= 15 is 0 Å². The lowest BCUT2D eigenvalue weighted by molar-refractivity contribution is 0.407. The molecule has 0 bridgehead atoms. The molecule has 2 unspecified atom stereocenters. The van der Waals surface area contributed by atoms with Crippen molar-refractivity contribution in [2.45, 2.75) is 38.0 Å². The van der Waals surface area contributed by atoms with Crippen molar-refractivity contribution >= 4 is 5.82 Å². The first-order valence-electron chi connectivity index (χ1n) is 8.93. The van der Waals surface area contributed by atoms with Crippen LogP contribution in [0.1, 0.15) is 48.4 Å². The highest BCUT2D eigenvalue weighted by molar-refractivity contribution is 5.42. The van der Waals surface area contributed by atoms with Crippen molar-refractivity contribution in [3.8, 4) is 0 Å². The van der Waals surface area contributed by atoms with E-state index in [1.165, 1.54) is 29.7 Å². The van der Waals surface area contributed by atoms with Gasteiger partial charge in [-0.2, -0.15) is 5.10 Å². The molecule has 1 aromatic carbocycles. The lowest BCUT2D eigenvalue weighted by atomic mass is 9.84. The smallest absolute Gasteiger partial charge is 0.150 e. The van der Waals surface area contributed by atoms with Crippen LogP contribution in [-0.2, 0) is 6.42 Å². The number of aryl methyl sites for hydroxylation is 1. The van der Waals surface area contributed by atoms with E-state index < -0.39 is 0 Å². The number of aromatic nitrogens is 2. The number of benzene rings is 1. The summed E-state index contributed by atoms with van der Waals surface area (Å²) in [5, 5.41) is 11.4. The number of aromatic amines is 1. The molecule has 0 spiro atoms. The van der Waals surface area contributed by atoms with Crippen LogP contribution in [0.3, 0.4) is 0 Å². The number of nitrogens with one attached hydrogen (secondary N) is 2. The lowest BCUT2D eigenvalue weighted by Gasteiger charge is -2.31. The van der Waals surface area contributed by atoms with Gasteiger partial charge in [-0.1, -0.05) is 31.2 Å². The molecule has 2 aliphatic heterocycles. The van der Waals surface area contributed by atoms with Gasteiger partial charge in [-0.05, 0) is 36.3 Å². The molecule has 2 aliphatic rings. The van der Waals surface area contributed by atoms with Crippen molar-refractivity contribution in [1.82, 2.24) is 15.5 Å². The molecule has 2 fully saturated rings. The minimum atomic E-state index is 0.530. The summed E-state index contributed by atoms with van der Waals surface area (Å²) in [5.41, 5.74) is 4.16. The molecule has 2 aromatic rings. The van der Waals surface area contributed by atoms with Gasteiger partial charge in [0.1, 0.15) is 0 Å². The number of anilines is 1. The Hall–Kier alpha value is -1.81. The minimum Gasteiger partial charge on any atom is -0.355 e. The molecule has 4 nitrogen and oxygen atoms in total. The van der Waals surface area contributed by atoms with Crippen LogP contribution >= 0.6 is 0 Å². The average Bonchev–Trinajstić information content (AvgIpc) is 3.03. The first kappa shape index (κ1) is 14.8. The summed E-state index contributed by atoms with van der Waals surface area (Å²) < 4.78 is 0. The molecule has 2 N–H and O–H groups in total. The second-order valence-electron chi connectivity index (χ2n) is 6.91. The maximum Gasteiger partial charge on any atom is 0.150 e. The van der Waals surface area contributed by atoms with Gasteiger partial charge in [0.05, 0.1) is 0 Å². The quantitative estimate of drug-likeness (QED) is 0.912. The Kier molecular flexibility index (Phi) is 4.08. The fraction of sp³-hybridized carbons (Fsp3) is 0.526. The summed E-state index contributed by atoms with van der Waals surface area (Å²) in [6.07, 6.45) is 3.60. The zero-order valence-corrected chi connectivity index (χ0v) is 13.9. The zero-order chi connectivity index (χ0) is 15.6. The Bertz CT molecular complexity index is 642. The molecule has 0 amide bonds. The number of H-pyrrole nitrogens is 1. The summed E-state index contributed by atoms with van der Waals surface area (Å²) in [6, 6.07) is 11.4. The second-order valence-corrected chi connectivity index (χ2v) is 6.91. The van der Waals surface area contributed by atoms with Crippen molar-refractivity contribution in [2.75, 3.05) is 31.1 Å². The first-order chi connectivity index (χ1) is 11.3. The second kappa shape index (κ2) is 6.36. The van der Waals surface area contributed by atoms with Crippen molar-refractivity contribution in [3.05, 3.63) is 47.2 Å². The molecule has 1 aromatic heterocycles. The molecule has 0 saturated carbocycles. The topological polar surface area (TPSA) is 44.0 Å². The van der Waals surface area contributed by atoms with Crippen LogP contribution in [0.2, 0.25) is 0 Å². The summed E-state index contributed by atoms with van der Waals surface area (Å²) in [5.74, 6) is 2.25. The van der Waals surface area contributed by atoms with Crippen molar-refractivity contribution in [3.63, 3.8) is 0 Å². The predicted molar refractivity (Wildman–Crippen MR) is 94.2 cm³/mol. The maximum absolute atomic E-state index is 4.51. The van der Waals surface area contributed by atoms with Crippen LogP contribution in [0.4, 0.5) is 5.82 Å². The number of piperidine rings is 1. The Balaban J connectivity index is 1.46. The molecule has 0 aliphatic carbocycles. The summed E-state index contributed by atoms with van der Waals surface area (Å²) in [4.78, 5) is 2.34. The highest BCUT2D eigenvalue weighted by Gasteiger charge is 2.26. The largest absolute Gasteiger partial charge is 0.355 e. The fourth-order valence-electron chi connectivity index (χ4n) is 3.70. The fourth-order valence-corrected chi connectivity index (χ4v) is 3.70. The van der Waals surface area contributed by atoms with E-state index in [4.69, 9.17) is 0 Å². The SMILES string of the molecule is CCc1ccc(C2CNCC(c3cc(N4CCC4)n[nH]3)C2)cc1. The normalized spacial score (nSPS) is 24.5. The van der Waals surface area contributed by atoms with Gasteiger partial charge >= 0.3 is 0 Å². The van der Waals surface area contributed by atoms with Gasteiger partial charge in [0, 0.05) is 43.9 Å². The van der Waals surface area contributed by atoms with Crippen molar-refractivity contribution < 1.29 is 0 Å². The molecule has 2 saturated heterocycles. The van der Waals surface area contributed by atoms with E-state index in [9.17, 15) is 0 Å². The van der Waals surface area contributed by atoms with Gasteiger partial charge in [-0.3, -0.25) is 5.10 Å². The van der Waals surface area contributed by atoms with Gasteiger partial charge in [0.2, 0.25) is 0 Å². The van der Waals surface area contributed by atoms with E-state index in [-0.39, 0.29) is 0 Å². The van der Waals surface area contributed by atoms with Gasteiger partial charge in [0.15, 0.2) is 5.82 Å². The number of hydrogen-bond acceptors (Lipinski definition) is 3. The average molecular weight is 310 g/mol. The predicted octanol–water partition coefficient (Wildman–Crippen LogP) is 3.04. The number of nitrogens with zero attached hydrogens (tertiary/aromatic N) is 2. The minimum absolute atomic E-state index is 0.530. The third kappa shape index (κ3) is 3.00. The van der Waals surface area contributed by atoms with Crippen molar-refractivity contribution in [2.24, 2.45) is 0 Å². The molecular weight excluding hydrogens is 284 g/mol. The van der Waals surface area contributed by atoms with Crippen LogP contribution in [0, 0.1) is 0 Å². The van der Waals surface area contributed by atoms with Gasteiger partial charge in [-0.15, -0.1) is 0 Å². The van der Waals surface area contributed by atoms with E-state index in [0.29, 0.717) is 11.8 Å². The van der Waals surface area contributed by atoms with Gasteiger partial charge < -0.3 is 10.2 Å². The Morgan fingerprint density at radius 2 is 1.91 bits per heavy atom. The Labute approximate surface area is 138 Å². The van der Waals surface area contributed by atoms with Crippen molar-refractivity contribution in [1.29, 1.82) is 0 Å². The highest BCUT2D eigenvalue weighted by atomic mass is 15.3. The van der Waals surface area contributed by atoms with Crippen LogP contribution in [0.5, 0.6) is 0 Å². The molecule has 4 heteroatoms. The van der Waals surface area contributed by atoms with E-state index in [2.05, 4.69) is 57.7 Å². The molecule has 3 heterocycles. The zero-order valence-electron chi connectivity index (χ0n) is 13.9. The number of hydrogen-bond donors (Lipinski definition) is 2. The summed E-state index contributed by atoms with van der Waals surface area (Å²) in [6.45, 7) is 6.64. The van der Waals surface area contributed by atoms with Crippen LogP contribution in [0.25, 0.3) is 0 Å². The molecular formula is C19H26N4. The van der Waals surface area contributed by atoms with E-state index in [1.54, 1.807) is 0 Å². The van der Waals surface area contributed by atoms with Crippen LogP contribution < -0.4 is 10.2 Å². The first-order valence-corrected chi connectivity index (χ1v) is 8.93. The lowest BCUT2D eigenvalue weighted by Crippen LogP contribution is -2.37. The third-order valence-corrected chi connectivity index (χ3v) is 5.41. The molecule has 122 valence electrons. The van der Waals surface area contributed by atoms with Crippen LogP contribution in [0.15, 0.2) is 30.3 Å². The van der Waals surface area contributed by atoms with Gasteiger partial charge in [-0.25, -0.2) is 0 Å². The highest BCUT2D eigenvalue weighted by Crippen LogP contribution is 2.33. The third-order valence-electron chi connectivity index (χ3n) is 5.41. The summed E-state index contributed by atoms with van der Waals surface area (Å²) in [7, 11) is 0. The molecule has 4 rings (SSSR count). The standard InChI is InChI=1S/C19H26N4/c1-2-14-4-6-15(7-5-14)16-10-17(13-20-12-16)18-11-19(22-21-18)23-8-3-9-23/h4-7,11,16-17,20H,2-3,8-10,12-13H2,1H3,(H,21,22). The van der Waals surface area contributed by atoms with E-state index in [0.717, 1.165) is 38.4 Å². The molecule has 0 radical (unpaired) electrons. The molecule has 23 heavy (non-hydrogen) atoms.